The number of nitrogens with one attached hydrogen (secondary N) is 2. The number of ether oxygens (including phenoxy) is 1. The minimum Gasteiger partial charge on any atom is -0.382 e. The predicted octanol–water partition coefficient (Wildman–Crippen LogP) is 3.24. The van der Waals surface area contributed by atoms with Gasteiger partial charge in [-0.2, -0.15) is 0 Å². The Kier molecular flexibility index (Phi) is 4.39. The van der Waals surface area contributed by atoms with Crippen molar-refractivity contribution in [3.8, 4) is 0 Å². The predicted molar refractivity (Wildman–Crippen MR) is 75.8 cm³/mol. The average Bonchev–Trinajstić information content (AvgIpc) is 2.82. The van der Waals surface area contributed by atoms with Gasteiger partial charge in [-0.25, -0.2) is 0 Å². The molecule has 3 nitrogen and oxygen atoms in total. The van der Waals surface area contributed by atoms with E-state index in [-0.39, 0.29) is 6.10 Å². The summed E-state index contributed by atoms with van der Waals surface area (Å²) >= 11 is 0. The minimum atomic E-state index is 0.253. The molecule has 0 aliphatic rings. The SMILES string of the molecule is CCNC(CC(C)OC)c1c[nH]c2ccccc12. The number of benzene rings is 1. The van der Waals surface area contributed by atoms with Crippen LogP contribution >= 0.6 is 0 Å². The number of para-hydroxylation sites is 1. The molecule has 0 fully saturated rings. The number of hydrogen-bond donors (Lipinski definition) is 2. The molecule has 2 N–H and O–H groups in total. The van der Waals surface area contributed by atoms with Crippen molar-refractivity contribution in [2.75, 3.05) is 13.7 Å². The molecule has 2 aromatic rings. The summed E-state index contributed by atoms with van der Waals surface area (Å²) in [5, 5.41) is 4.84. The van der Waals surface area contributed by atoms with Crippen molar-refractivity contribution in [2.24, 2.45) is 0 Å². The molecule has 0 saturated carbocycles. The lowest BCUT2D eigenvalue weighted by molar-refractivity contribution is 0.101. The molecule has 0 saturated heterocycles. The first-order chi connectivity index (χ1) is 8.76. The lowest BCUT2D eigenvalue weighted by Crippen LogP contribution is -2.24. The zero-order valence-electron chi connectivity index (χ0n) is 11.4. The van der Waals surface area contributed by atoms with Crippen LogP contribution in [-0.2, 0) is 4.74 Å². The fraction of sp³-hybridized carbons (Fsp3) is 0.467. The molecule has 0 bridgehead atoms. The summed E-state index contributed by atoms with van der Waals surface area (Å²) in [6.45, 7) is 5.21. The highest BCUT2D eigenvalue weighted by molar-refractivity contribution is 5.83. The quantitative estimate of drug-likeness (QED) is 0.821. The monoisotopic (exact) mass is 246 g/mol. The highest BCUT2D eigenvalue weighted by Crippen LogP contribution is 2.27. The van der Waals surface area contributed by atoms with E-state index in [1.165, 1.54) is 16.5 Å². The van der Waals surface area contributed by atoms with E-state index in [1.54, 1.807) is 7.11 Å². The molecule has 1 aromatic heterocycles. The molecular formula is C15H22N2O. The molecule has 0 amide bonds. The van der Waals surface area contributed by atoms with Gasteiger partial charge in [0.05, 0.1) is 6.10 Å². The Morgan fingerprint density at radius 3 is 2.83 bits per heavy atom. The van der Waals surface area contributed by atoms with E-state index in [2.05, 4.69) is 54.6 Å². The van der Waals surface area contributed by atoms with Gasteiger partial charge in [0.2, 0.25) is 0 Å². The van der Waals surface area contributed by atoms with Gasteiger partial charge in [-0.05, 0) is 31.5 Å². The third-order valence-corrected chi connectivity index (χ3v) is 3.42. The van der Waals surface area contributed by atoms with E-state index < -0.39 is 0 Å². The standard InChI is InChI=1S/C15H22N2O/c1-4-16-15(9-11(2)18-3)13-10-17-14-8-6-5-7-12(13)14/h5-8,10-11,15-17H,4,9H2,1-3H3. The lowest BCUT2D eigenvalue weighted by atomic mass is 10.0. The molecule has 2 unspecified atom stereocenters. The second-order valence-electron chi connectivity index (χ2n) is 4.68. The summed E-state index contributed by atoms with van der Waals surface area (Å²) in [5.74, 6) is 0. The number of hydrogen-bond acceptors (Lipinski definition) is 2. The van der Waals surface area contributed by atoms with Crippen LogP contribution in [0.1, 0.15) is 31.9 Å². The second kappa shape index (κ2) is 6.03. The van der Waals surface area contributed by atoms with E-state index in [9.17, 15) is 0 Å². The first kappa shape index (κ1) is 13.1. The highest BCUT2D eigenvalue weighted by Gasteiger charge is 2.17. The van der Waals surface area contributed by atoms with Gasteiger partial charge >= 0.3 is 0 Å². The molecule has 0 aliphatic carbocycles. The van der Waals surface area contributed by atoms with Gasteiger partial charge in [-0.15, -0.1) is 0 Å². The fourth-order valence-electron chi connectivity index (χ4n) is 2.38. The zero-order chi connectivity index (χ0) is 13.0. The van der Waals surface area contributed by atoms with E-state index in [4.69, 9.17) is 4.74 Å². The Morgan fingerprint density at radius 1 is 1.33 bits per heavy atom. The van der Waals surface area contributed by atoms with Gasteiger partial charge in [0, 0.05) is 30.3 Å². The molecule has 2 atom stereocenters. The summed E-state index contributed by atoms with van der Waals surface area (Å²) in [7, 11) is 1.77. The summed E-state index contributed by atoms with van der Waals surface area (Å²) < 4.78 is 5.39. The summed E-state index contributed by atoms with van der Waals surface area (Å²) in [4.78, 5) is 3.34. The van der Waals surface area contributed by atoms with Crippen LogP contribution in [0.5, 0.6) is 0 Å². The normalized spacial score (nSPS) is 14.8. The van der Waals surface area contributed by atoms with Gasteiger partial charge in [-0.1, -0.05) is 25.1 Å². The number of methoxy groups -OCH3 is 1. The number of H-pyrrole nitrogens is 1. The molecule has 18 heavy (non-hydrogen) atoms. The van der Waals surface area contributed by atoms with Crippen molar-refractivity contribution in [1.29, 1.82) is 0 Å². The zero-order valence-corrected chi connectivity index (χ0v) is 11.4. The van der Waals surface area contributed by atoms with Crippen LogP contribution in [0.25, 0.3) is 10.9 Å². The van der Waals surface area contributed by atoms with Crippen molar-refractivity contribution in [3.63, 3.8) is 0 Å². The maximum absolute atomic E-state index is 5.39. The Hall–Kier alpha value is -1.32. The van der Waals surface area contributed by atoms with E-state index in [1.807, 2.05) is 0 Å². The highest BCUT2D eigenvalue weighted by atomic mass is 16.5. The number of aromatic amines is 1. The van der Waals surface area contributed by atoms with E-state index in [0.717, 1.165) is 13.0 Å². The Bertz CT molecular complexity index is 492. The molecule has 2 rings (SSSR count). The molecule has 98 valence electrons. The molecule has 3 heteroatoms. The third kappa shape index (κ3) is 2.74. The first-order valence-corrected chi connectivity index (χ1v) is 6.58. The van der Waals surface area contributed by atoms with Crippen LogP contribution in [0.4, 0.5) is 0 Å². The van der Waals surface area contributed by atoms with Crippen LogP contribution in [0.3, 0.4) is 0 Å². The first-order valence-electron chi connectivity index (χ1n) is 6.58. The van der Waals surface area contributed by atoms with Crippen LogP contribution in [-0.4, -0.2) is 24.7 Å². The molecule has 0 radical (unpaired) electrons. The second-order valence-corrected chi connectivity index (χ2v) is 4.68. The Labute approximate surface area is 109 Å². The Balaban J connectivity index is 2.29. The van der Waals surface area contributed by atoms with Crippen molar-refractivity contribution in [3.05, 3.63) is 36.0 Å². The van der Waals surface area contributed by atoms with Crippen LogP contribution < -0.4 is 5.32 Å². The van der Waals surface area contributed by atoms with Gasteiger partial charge in [0.1, 0.15) is 0 Å². The van der Waals surface area contributed by atoms with E-state index >= 15 is 0 Å². The number of aromatic nitrogens is 1. The molecular weight excluding hydrogens is 224 g/mol. The van der Waals surface area contributed by atoms with Crippen LogP contribution in [0.15, 0.2) is 30.5 Å². The topological polar surface area (TPSA) is 37.0 Å². The molecule has 0 aliphatic heterocycles. The van der Waals surface area contributed by atoms with Crippen LogP contribution in [0.2, 0.25) is 0 Å². The lowest BCUT2D eigenvalue weighted by Gasteiger charge is -2.21. The summed E-state index contributed by atoms with van der Waals surface area (Å²) in [6, 6.07) is 8.76. The number of fused-ring (bicyclic) bond motifs is 1. The smallest absolute Gasteiger partial charge is 0.0561 e. The van der Waals surface area contributed by atoms with Crippen molar-refractivity contribution < 1.29 is 4.74 Å². The molecule has 0 spiro atoms. The minimum absolute atomic E-state index is 0.253. The van der Waals surface area contributed by atoms with E-state index in [0.29, 0.717) is 6.04 Å². The number of rotatable bonds is 6. The molecule has 1 heterocycles. The van der Waals surface area contributed by atoms with Crippen LogP contribution in [0, 0.1) is 0 Å². The summed E-state index contributed by atoms with van der Waals surface area (Å²) in [6.07, 6.45) is 3.34. The third-order valence-electron chi connectivity index (χ3n) is 3.42. The average molecular weight is 246 g/mol. The van der Waals surface area contributed by atoms with Gasteiger partial charge in [0.15, 0.2) is 0 Å². The van der Waals surface area contributed by atoms with Gasteiger partial charge in [-0.3, -0.25) is 0 Å². The Morgan fingerprint density at radius 2 is 2.11 bits per heavy atom. The van der Waals surface area contributed by atoms with Gasteiger partial charge in [0.25, 0.3) is 0 Å². The van der Waals surface area contributed by atoms with Crippen molar-refractivity contribution in [2.45, 2.75) is 32.4 Å². The maximum atomic E-state index is 5.39. The maximum Gasteiger partial charge on any atom is 0.0561 e. The summed E-state index contributed by atoms with van der Waals surface area (Å²) in [5.41, 5.74) is 2.52. The van der Waals surface area contributed by atoms with Crippen molar-refractivity contribution >= 4 is 10.9 Å². The fourth-order valence-corrected chi connectivity index (χ4v) is 2.38. The molecule has 1 aromatic carbocycles. The van der Waals surface area contributed by atoms with Crippen molar-refractivity contribution in [1.82, 2.24) is 10.3 Å². The largest absolute Gasteiger partial charge is 0.382 e. The van der Waals surface area contributed by atoms with Gasteiger partial charge < -0.3 is 15.0 Å².